The van der Waals surface area contributed by atoms with E-state index in [1.807, 2.05) is 12.1 Å². The number of halogens is 1. The molecule has 1 rings (SSSR count). The second-order valence-electron chi connectivity index (χ2n) is 1.98. The predicted molar refractivity (Wildman–Crippen MR) is 40.5 cm³/mol. The molecule has 1 aromatic carbocycles. The summed E-state index contributed by atoms with van der Waals surface area (Å²) < 4.78 is 0. The van der Waals surface area contributed by atoms with Crippen LogP contribution in [0.2, 0.25) is 0 Å². The minimum Gasteiger partial charge on any atom is -1.00 e. The van der Waals surface area contributed by atoms with E-state index in [2.05, 4.69) is 26.0 Å². The zero-order chi connectivity index (χ0) is 5.98. The monoisotopic (exact) mass is 208 g/mol. The van der Waals surface area contributed by atoms with Gasteiger partial charge in [0.05, 0.1) is 0 Å². The molecule has 0 aromatic heterocycles. The van der Waals surface area contributed by atoms with Crippen LogP contribution in [0.1, 0.15) is 11.1 Å². The van der Waals surface area contributed by atoms with Crippen LogP contribution in [0, 0.1) is 19.9 Å². The van der Waals surface area contributed by atoms with E-state index in [1.165, 1.54) is 11.1 Å². The quantitative estimate of drug-likeness (QED) is 0.369. The number of rotatable bonds is 0. The largest absolute Gasteiger partial charge is 2.00 e. The summed E-state index contributed by atoms with van der Waals surface area (Å²) in [6.07, 6.45) is 0. The number of benzene rings is 1. The van der Waals surface area contributed by atoms with Gasteiger partial charge in [0.2, 0.25) is 0 Å². The molecule has 2 heteroatoms. The molecule has 0 heterocycles. The summed E-state index contributed by atoms with van der Waals surface area (Å²) in [6, 6.07) is 9.12. The average molecular weight is 209 g/mol. The summed E-state index contributed by atoms with van der Waals surface area (Å²) in [7, 11) is 0. The molecule has 0 aliphatic carbocycles. The molecule has 0 N–H and O–H groups in total. The van der Waals surface area contributed by atoms with Crippen LogP contribution in [-0.2, 0) is 0 Å². The third-order valence-corrected chi connectivity index (χ3v) is 1.33. The van der Waals surface area contributed by atoms with Crippen LogP contribution in [0.3, 0.4) is 0 Å². The second-order valence-corrected chi connectivity index (χ2v) is 1.98. The molecule has 0 atom stereocenters. The third kappa shape index (κ3) is 3.59. The van der Waals surface area contributed by atoms with Gasteiger partial charge in [-0.1, -0.05) is 13.8 Å². The van der Waals surface area contributed by atoms with Gasteiger partial charge in [0.15, 0.2) is 0 Å². The van der Waals surface area contributed by atoms with Crippen molar-refractivity contribution in [1.29, 1.82) is 0 Å². The van der Waals surface area contributed by atoms with Gasteiger partial charge in [0.1, 0.15) is 0 Å². The van der Waals surface area contributed by atoms with Gasteiger partial charge in [-0.25, -0.2) is 0 Å². The molecule has 0 saturated carbocycles. The van der Waals surface area contributed by atoms with Crippen molar-refractivity contribution in [2.24, 2.45) is 0 Å². The van der Waals surface area contributed by atoms with E-state index >= 15 is 0 Å². The predicted octanol–water partition coefficient (Wildman–Crippen LogP) is -1.27. The van der Waals surface area contributed by atoms with Gasteiger partial charge in [-0.15, -0.1) is 0 Å². The topological polar surface area (TPSA) is 0 Å². The Labute approximate surface area is 88.9 Å². The Balaban J connectivity index is 0. The Morgan fingerprint density at radius 3 is 2.20 bits per heavy atom. The SMILES string of the molecule is Cc1[c-]cccc1C.[Br-].[Mg+2]. The Hall–Kier alpha value is 0.466. The number of hydrogen-bond donors (Lipinski definition) is 0. The number of aryl methyl sites for hydroxylation is 2. The minimum atomic E-state index is 0. The summed E-state index contributed by atoms with van der Waals surface area (Å²) in [6.45, 7) is 4.15. The van der Waals surface area contributed by atoms with Crippen molar-refractivity contribution in [1.82, 2.24) is 0 Å². The third-order valence-electron chi connectivity index (χ3n) is 1.33. The van der Waals surface area contributed by atoms with Crippen LogP contribution in [-0.4, -0.2) is 23.1 Å². The Morgan fingerprint density at radius 1 is 1.30 bits per heavy atom. The fourth-order valence-corrected chi connectivity index (χ4v) is 0.604. The average Bonchev–Trinajstić information content (AvgIpc) is 1.77. The van der Waals surface area contributed by atoms with Crippen LogP contribution >= 0.6 is 0 Å². The first-order valence-corrected chi connectivity index (χ1v) is 2.74. The fourth-order valence-electron chi connectivity index (χ4n) is 0.604. The zero-order valence-electron chi connectivity index (χ0n) is 6.32. The van der Waals surface area contributed by atoms with Gasteiger partial charge < -0.3 is 17.0 Å². The van der Waals surface area contributed by atoms with Gasteiger partial charge in [0, 0.05) is 0 Å². The van der Waals surface area contributed by atoms with Crippen LogP contribution in [0.5, 0.6) is 0 Å². The Kier molecular flexibility index (Phi) is 8.10. The van der Waals surface area contributed by atoms with Gasteiger partial charge in [-0.05, 0) is 0 Å². The molecule has 0 saturated heterocycles. The molecule has 0 amide bonds. The first-order chi connectivity index (χ1) is 3.80. The van der Waals surface area contributed by atoms with Crippen molar-refractivity contribution in [2.45, 2.75) is 13.8 Å². The van der Waals surface area contributed by atoms with E-state index in [0.717, 1.165) is 0 Å². The Bertz CT molecular complexity index is 165. The molecule has 0 nitrogen and oxygen atoms in total. The maximum Gasteiger partial charge on any atom is 2.00 e. The van der Waals surface area contributed by atoms with Crippen LogP contribution in [0.4, 0.5) is 0 Å². The van der Waals surface area contributed by atoms with E-state index < -0.39 is 0 Å². The van der Waals surface area contributed by atoms with Crippen LogP contribution in [0.15, 0.2) is 18.2 Å². The molecule has 1 aromatic rings. The second kappa shape index (κ2) is 6.19. The Morgan fingerprint density at radius 2 is 1.90 bits per heavy atom. The normalized spacial score (nSPS) is 7.40. The molecule has 10 heavy (non-hydrogen) atoms. The van der Waals surface area contributed by atoms with Gasteiger partial charge in [0.25, 0.3) is 0 Å². The van der Waals surface area contributed by atoms with Gasteiger partial charge >= 0.3 is 23.1 Å². The summed E-state index contributed by atoms with van der Waals surface area (Å²) >= 11 is 0. The molecule has 0 radical (unpaired) electrons. The van der Waals surface area contributed by atoms with Gasteiger partial charge in [-0.3, -0.25) is 0 Å². The van der Waals surface area contributed by atoms with Crippen molar-refractivity contribution in [3.05, 3.63) is 35.4 Å². The minimum absolute atomic E-state index is 0. The fraction of sp³-hybridized carbons (Fsp3) is 0.250. The van der Waals surface area contributed by atoms with Crippen molar-refractivity contribution in [3.63, 3.8) is 0 Å². The summed E-state index contributed by atoms with van der Waals surface area (Å²) in [4.78, 5) is 0. The van der Waals surface area contributed by atoms with Crippen molar-refractivity contribution < 1.29 is 17.0 Å². The summed E-state index contributed by atoms with van der Waals surface area (Å²) in [5, 5.41) is 0. The van der Waals surface area contributed by atoms with E-state index in [-0.39, 0.29) is 40.0 Å². The zero-order valence-corrected chi connectivity index (χ0v) is 9.32. The molecule has 0 unspecified atom stereocenters. The van der Waals surface area contributed by atoms with Crippen molar-refractivity contribution in [2.75, 3.05) is 0 Å². The summed E-state index contributed by atoms with van der Waals surface area (Å²) in [5.41, 5.74) is 2.56. The van der Waals surface area contributed by atoms with E-state index in [0.29, 0.717) is 0 Å². The first kappa shape index (κ1) is 13.1. The molecule has 0 aliphatic heterocycles. The van der Waals surface area contributed by atoms with E-state index in [4.69, 9.17) is 0 Å². The van der Waals surface area contributed by atoms with Crippen molar-refractivity contribution in [3.8, 4) is 0 Å². The maximum absolute atomic E-state index is 3.10. The standard InChI is InChI=1S/C8H9.BrH.Mg/c1-7-5-3-4-6-8(7)2;;/h3-5H,1-2H3;1H;/q-1;;+2/p-1. The molecular weight excluding hydrogens is 200 g/mol. The first-order valence-electron chi connectivity index (χ1n) is 2.74. The summed E-state index contributed by atoms with van der Waals surface area (Å²) in [5.74, 6) is 0. The molecular formula is C8H9BrMg. The van der Waals surface area contributed by atoms with Gasteiger partial charge in [-0.2, -0.15) is 35.4 Å². The molecule has 0 fully saturated rings. The van der Waals surface area contributed by atoms with Crippen molar-refractivity contribution >= 4 is 23.1 Å². The smallest absolute Gasteiger partial charge is 1.00 e. The van der Waals surface area contributed by atoms with E-state index in [1.54, 1.807) is 0 Å². The molecule has 0 bridgehead atoms. The van der Waals surface area contributed by atoms with E-state index in [9.17, 15) is 0 Å². The molecule has 0 aliphatic rings. The molecule has 50 valence electrons. The van der Waals surface area contributed by atoms with Crippen LogP contribution in [0.25, 0.3) is 0 Å². The number of hydrogen-bond acceptors (Lipinski definition) is 0. The molecule has 0 spiro atoms. The van der Waals surface area contributed by atoms with Crippen LogP contribution < -0.4 is 17.0 Å². The maximum atomic E-state index is 3.10.